The lowest BCUT2D eigenvalue weighted by atomic mass is 10.3. The van der Waals surface area contributed by atoms with E-state index in [0.717, 1.165) is 0 Å². The van der Waals surface area contributed by atoms with Gasteiger partial charge in [-0.1, -0.05) is 0 Å². The van der Waals surface area contributed by atoms with Crippen molar-refractivity contribution in [2.24, 2.45) is 0 Å². The molecule has 0 aliphatic heterocycles. The highest BCUT2D eigenvalue weighted by Gasteiger charge is 2.09. The van der Waals surface area contributed by atoms with Gasteiger partial charge in [0.05, 0.1) is 4.47 Å². The molecule has 1 aromatic heterocycles. The lowest BCUT2D eigenvalue weighted by Gasteiger charge is -2.09. The Morgan fingerprint density at radius 1 is 1.35 bits per heavy atom. The number of rotatable bonds is 4. The summed E-state index contributed by atoms with van der Waals surface area (Å²) in [5.41, 5.74) is 1.92. The van der Waals surface area contributed by atoms with Crippen LogP contribution >= 0.6 is 15.9 Å². The molecular weight excluding hydrogens is 367 g/mol. The van der Waals surface area contributed by atoms with Crippen LogP contribution in [0.5, 0.6) is 5.75 Å². The zero-order valence-electron chi connectivity index (χ0n) is 12.1. The average molecular weight is 379 g/mol. The maximum Gasteiger partial charge on any atom is 0.262 e. The Labute approximate surface area is 139 Å². The number of amides is 1. The molecule has 23 heavy (non-hydrogen) atoms. The van der Waals surface area contributed by atoms with E-state index < -0.39 is 0 Å². The van der Waals surface area contributed by atoms with E-state index in [9.17, 15) is 9.18 Å². The number of ether oxygens (including phenoxy) is 1. The summed E-state index contributed by atoms with van der Waals surface area (Å²) in [6.07, 6.45) is 0. The molecule has 1 amide bonds. The number of carbonyl (C=O) groups is 1. The van der Waals surface area contributed by atoms with E-state index >= 15 is 0 Å². The summed E-state index contributed by atoms with van der Waals surface area (Å²) in [5.74, 6) is 0.239. The van der Waals surface area contributed by atoms with Crippen molar-refractivity contribution in [2.75, 3.05) is 11.9 Å². The van der Waals surface area contributed by atoms with Crippen LogP contribution < -0.4 is 10.1 Å². The molecule has 0 saturated carbocycles. The maximum atomic E-state index is 13.0. The molecule has 0 spiro atoms. The molecule has 0 bridgehead atoms. The van der Waals surface area contributed by atoms with Gasteiger partial charge in [0.2, 0.25) is 0 Å². The number of halogens is 2. The van der Waals surface area contributed by atoms with Crippen LogP contribution in [-0.4, -0.2) is 17.5 Å². The third kappa shape index (κ3) is 3.68. The van der Waals surface area contributed by atoms with Crippen molar-refractivity contribution in [3.8, 4) is 5.75 Å². The van der Waals surface area contributed by atoms with Gasteiger partial charge in [-0.15, -0.1) is 0 Å². The van der Waals surface area contributed by atoms with Gasteiger partial charge in [-0.25, -0.2) is 9.37 Å². The van der Waals surface area contributed by atoms with Crippen molar-refractivity contribution < 1.29 is 18.3 Å². The number of anilines is 1. The molecule has 1 heterocycles. The molecule has 0 fully saturated rings. The second-order valence-electron chi connectivity index (χ2n) is 4.83. The van der Waals surface area contributed by atoms with Crippen LogP contribution in [0.2, 0.25) is 0 Å². The molecule has 2 aromatic carbocycles. The molecule has 0 radical (unpaired) electrons. The van der Waals surface area contributed by atoms with Crippen LogP contribution in [0, 0.1) is 12.7 Å². The summed E-state index contributed by atoms with van der Waals surface area (Å²) in [6.45, 7) is 1.56. The molecule has 3 rings (SSSR count). The Kier molecular flexibility index (Phi) is 4.29. The smallest absolute Gasteiger partial charge is 0.262 e. The molecule has 0 atom stereocenters. The Morgan fingerprint density at radius 2 is 2.17 bits per heavy atom. The summed E-state index contributed by atoms with van der Waals surface area (Å²) in [6, 6.07) is 9.17. The van der Waals surface area contributed by atoms with Crippen molar-refractivity contribution >= 4 is 38.6 Å². The highest BCUT2D eigenvalue weighted by Crippen LogP contribution is 2.25. The predicted octanol–water partition coefficient (Wildman–Crippen LogP) is 4.06. The standard InChI is InChI=1S/C16H12BrFN2O3/c1-9-19-13-7-11(3-5-15(13)23-9)20-16(21)8-22-14-4-2-10(18)6-12(14)17/h2-7H,8H2,1H3,(H,20,21). The number of aromatic nitrogens is 1. The first kappa shape index (κ1) is 15.5. The second kappa shape index (κ2) is 6.37. The lowest BCUT2D eigenvalue weighted by molar-refractivity contribution is -0.118. The number of fused-ring (bicyclic) bond motifs is 1. The third-order valence-electron chi connectivity index (χ3n) is 3.03. The number of carbonyl (C=O) groups excluding carboxylic acids is 1. The molecule has 7 heteroatoms. The molecule has 0 saturated heterocycles. The fourth-order valence-electron chi connectivity index (χ4n) is 2.05. The Hall–Kier alpha value is -2.41. The van der Waals surface area contributed by atoms with E-state index in [1.165, 1.54) is 18.2 Å². The van der Waals surface area contributed by atoms with Crippen LogP contribution in [0.3, 0.4) is 0 Å². The monoisotopic (exact) mass is 378 g/mol. The third-order valence-corrected chi connectivity index (χ3v) is 3.65. The molecule has 118 valence electrons. The quantitative estimate of drug-likeness (QED) is 0.743. The van der Waals surface area contributed by atoms with E-state index in [0.29, 0.717) is 32.9 Å². The van der Waals surface area contributed by atoms with E-state index in [1.807, 2.05) is 0 Å². The predicted molar refractivity (Wildman–Crippen MR) is 87.0 cm³/mol. The molecule has 0 aliphatic rings. The van der Waals surface area contributed by atoms with Gasteiger partial charge < -0.3 is 14.5 Å². The van der Waals surface area contributed by atoms with Crippen LogP contribution in [-0.2, 0) is 4.79 Å². The van der Waals surface area contributed by atoms with Gasteiger partial charge in [-0.05, 0) is 52.3 Å². The molecular formula is C16H12BrFN2O3. The largest absolute Gasteiger partial charge is 0.483 e. The Bertz CT molecular complexity index is 879. The topological polar surface area (TPSA) is 64.4 Å². The van der Waals surface area contributed by atoms with E-state index in [4.69, 9.17) is 9.15 Å². The van der Waals surface area contributed by atoms with Gasteiger partial charge in [0.25, 0.3) is 5.91 Å². The highest BCUT2D eigenvalue weighted by molar-refractivity contribution is 9.10. The molecule has 1 N–H and O–H groups in total. The Morgan fingerprint density at radius 3 is 2.96 bits per heavy atom. The van der Waals surface area contributed by atoms with Crippen LogP contribution in [0.15, 0.2) is 45.3 Å². The number of oxazole rings is 1. The van der Waals surface area contributed by atoms with Gasteiger partial charge in [-0.3, -0.25) is 4.79 Å². The number of nitrogens with one attached hydrogen (secondary N) is 1. The summed E-state index contributed by atoms with van der Waals surface area (Å²) < 4.78 is 24.2. The Balaban J connectivity index is 1.63. The number of hydrogen-bond donors (Lipinski definition) is 1. The molecule has 0 unspecified atom stereocenters. The fraction of sp³-hybridized carbons (Fsp3) is 0.125. The molecule has 5 nitrogen and oxygen atoms in total. The van der Waals surface area contributed by atoms with Crippen molar-refractivity contribution in [3.05, 3.63) is 52.6 Å². The lowest BCUT2D eigenvalue weighted by Crippen LogP contribution is -2.20. The van der Waals surface area contributed by atoms with Crippen molar-refractivity contribution in [2.45, 2.75) is 6.92 Å². The van der Waals surface area contributed by atoms with Crippen LogP contribution in [0.25, 0.3) is 11.1 Å². The van der Waals surface area contributed by atoms with Gasteiger partial charge in [0.15, 0.2) is 18.1 Å². The number of nitrogens with zero attached hydrogens (tertiary/aromatic N) is 1. The van der Waals surface area contributed by atoms with Crippen molar-refractivity contribution in [3.63, 3.8) is 0 Å². The number of benzene rings is 2. The first-order valence-corrected chi connectivity index (χ1v) is 7.55. The second-order valence-corrected chi connectivity index (χ2v) is 5.68. The summed E-state index contributed by atoms with van der Waals surface area (Å²) >= 11 is 3.18. The minimum absolute atomic E-state index is 0.194. The molecule has 3 aromatic rings. The van der Waals surface area contributed by atoms with Crippen LogP contribution in [0.4, 0.5) is 10.1 Å². The SMILES string of the molecule is Cc1nc2cc(NC(=O)COc3ccc(F)cc3Br)ccc2o1. The summed E-state index contributed by atoms with van der Waals surface area (Å²) in [7, 11) is 0. The first-order valence-electron chi connectivity index (χ1n) is 6.76. The molecule has 0 aliphatic carbocycles. The number of aryl methyl sites for hydroxylation is 1. The highest BCUT2D eigenvalue weighted by atomic mass is 79.9. The maximum absolute atomic E-state index is 13.0. The van der Waals surface area contributed by atoms with Crippen LogP contribution in [0.1, 0.15) is 5.89 Å². The van der Waals surface area contributed by atoms with Crippen molar-refractivity contribution in [1.82, 2.24) is 4.98 Å². The normalized spacial score (nSPS) is 10.7. The van der Waals surface area contributed by atoms with E-state index in [2.05, 4.69) is 26.2 Å². The van der Waals surface area contributed by atoms with E-state index in [-0.39, 0.29) is 18.3 Å². The summed E-state index contributed by atoms with van der Waals surface area (Å²) in [4.78, 5) is 16.1. The zero-order chi connectivity index (χ0) is 16.4. The van der Waals surface area contributed by atoms with Gasteiger partial charge in [-0.2, -0.15) is 0 Å². The minimum atomic E-state index is -0.384. The average Bonchev–Trinajstić information content (AvgIpc) is 2.85. The first-order chi connectivity index (χ1) is 11.0. The summed E-state index contributed by atoms with van der Waals surface area (Å²) in [5, 5.41) is 2.71. The fourth-order valence-corrected chi connectivity index (χ4v) is 2.52. The van der Waals surface area contributed by atoms with Gasteiger partial charge >= 0.3 is 0 Å². The van der Waals surface area contributed by atoms with E-state index in [1.54, 1.807) is 25.1 Å². The van der Waals surface area contributed by atoms with Gasteiger partial charge in [0.1, 0.15) is 17.1 Å². The zero-order valence-corrected chi connectivity index (χ0v) is 13.7. The van der Waals surface area contributed by atoms with Crippen molar-refractivity contribution in [1.29, 1.82) is 0 Å². The van der Waals surface area contributed by atoms with Gasteiger partial charge in [0, 0.05) is 12.6 Å². The minimum Gasteiger partial charge on any atom is -0.483 e. The number of hydrogen-bond acceptors (Lipinski definition) is 4.